The first-order chi connectivity index (χ1) is 11.8. The largest absolute Gasteiger partial charge is 0.460 e. The first-order valence-corrected chi connectivity index (χ1v) is 9.72. The third-order valence-electron chi connectivity index (χ3n) is 4.34. The van der Waals surface area contributed by atoms with Gasteiger partial charge in [0.25, 0.3) is 0 Å². The minimum Gasteiger partial charge on any atom is -0.460 e. The summed E-state index contributed by atoms with van der Waals surface area (Å²) in [5.41, 5.74) is 1.05. The van der Waals surface area contributed by atoms with Gasteiger partial charge in [0.2, 0.25) is 15.8 Å². The highest BCUT2D eigenvalue weighted by Gasteiger charge is 2.29. The highest BCUT2D eigenvalue weighted by molar-refractivity contribution is 7.89. The van der Waals surface area contributed by atoms with E-state index in [-0.39, 0.29) is 35.7 Å². The molecule has 1 aromatic carbocycles. The van der Waals surface area contributed by atoms with Gasteiger partial charge in [0.05, 0.1) is 11.5 Å². The van der Waals surface area contributed by atoms with Gasteiger partial charge in [-0.2, -0.15) is 4.31 Å². The van der Waals surface area contributed by atoms with Gasteiger partial charge in [0, 0.05) is 36.6 Å². The molecule has 2 aromatic rings. The number of halogens is 1. The van der Waals surface area contributed by atoms with Crippen LogP contribution in [-0.4, -0.2) is 51.0 Å². The van der Waals surface area contributed by atoms with Gasteiger partial charge in [-0.05, 0) is 39.0 Å². The van der Waals surface area contributed by atoms with Gasteiger partial charge in [-0.1, -0.05) is 0 Å². The third kappa shape index (κ3) is 3.73. The van der Waals surface area contributed by atoms with E-state index in [4.69, 9.17) is 9.15 Å². The molecule has 3 rings (SSSR count). The lowest BCUT2D eigenvalue weighted by Crippen LogP contribution is -2.51. The van der Waals surface area contributed by atoms with Gasteiger partial charge in [-0.15, -0.1) is 12.4 Å². The maximum absolute atomic E-state index is 12.9. The van der Waals surface area contributed by atoms with Crippen molar-refractivity contribution in [3.05, 3.63) is 29.5 Å². The van der Waals surface area contributed by atoms with E-state index in [0.29, 0.717) is 36.2 Å². The Morgan fingerprint density at radius 3 is 2.81 bits per heavy atom. The second kappa shape index (κ2) is 7.96. The molecule has 26 heavy (non-hydrogen) atoms. The number of aryl methyl sites for hydroxylation is 1. The zero-order chi connectivity index (χ0) is 18.2. The van der Waals surface area contributed by atoms with Crippen molar-refractivity contribution in [3.63, 3.8) is 0 Å². The zero-order valence-corrected chi connectivity index (χ0v) is 16.6. The number of esters is 1. The molecule has 0 aliphatic carbocycles. The summed E-state index contributed by atoms with van der Waals surface area (Å²) in [5.74, 6) is -0.432. The van der Waals surface area contributed by atoms with Crippen LogP contribution in [0.2, 0.25) is 0 Å². The molecule has 1 fully saturated rings. The summed E-state index contributed by atoms with van der Waals surface area (Å²) in [6.45, 7) is 7.13. The maximum atomic E-state index is 12.9. The van der Waals surface area contributed by atoms with Crippen molar-refractivity contribution in [1.29, 1.82) is 0 Å². The smallest absolute Gasteiger partial charge is 0.374 e. The average Bonchev–Trinajstić information content (AvgIpc) is 2.91. The third-order valence-corrected chi connectivity index (χ3v) is 6.20. The molecule has 9 heteroatoms. The Bertz CT molecular complexity index is 909. The minimum absolute atomic E-state index is 0. The number of furan rings is 1. The molecule has 7 nitrogen and oxygen atoms in total. The van der Waals surface area contributed by atoms with Crippen LogP contribution < -0.4 is 5.32 Å². The Morgan fingerprint density at radius 1 is 1.42 bits per heavy atom. The fourth-order valence-electron chi connectivity index (χ4n) is 3.02. The number of ether oxygens (including phenoxy) is 1. The van der Waals surface area contributed by atoms with Gasteiger partial charge in [-0.3, -0.25) is 0 Å². The topological polar surface area (TPSA) is 88.8 Å². The van der Waals surface area contributed by atoms with E-state index < -0.39 is 16.0 Å². The van der Waals surface area contributed by atoms with Crippen LogP contribution in [0.15, 0.2) is 27.5 Å². The first kappa shape index (κ1) is 20.7. The number of nitrogens with zero attached hydrogens (tertiary/aromatic N) is 1. The lowest BCUT2D eigenvalue weighted by atomic mass is 10.1. The van der Waals surface area contributed by atoms with Crippen molar-refractivity contribution >= 4 is 39.4 Å². The summed E-state index contributed by atoms with van der Waals surface area (Å²) >= 11 is 0. The number of hydrogen-bond donors (Lipinski definition) is 1. The standard InChI is InChI=1S/C17H22N2O5S.ClH/c1-4-23-17(20)16-12(3)14-9-13(5-6-15(14)24-16)25(21,22)19-8-7-18-11(2)10-19;/h5-6,9,11,18H,4,7-8,10H2,1-3H3;1H/t11-;/m1./s1. The minimum atomic E-state index is -3.59. The van der Waals surface area contributed by atoms with Crippen molar-refractivity contribution in [2.45, 2.75) is 31.7 Å². The van der Waals surface area contributed by atoms with Gasteiger partial charge in [0.1, 0.15) is 5.58 Å². The lowest BCUT2D eigenvalue weighted by molar-refractivity contribution is 0.0491. The molecular weight excluding hydrogens is 380 g/mol. The Morgan fingerprint density at radius 2 is 2.15 bits per heavy atom. The normalized spacial score (nSPS) is 18.5. The molecule has 0 unspecified atom stereocenters. The van der Waals surface area contributed by atoms with Crippen LogP contribution in [0.4, 0.5) is 0 Å². The van der Waals surface area contributed by atoms with Crippen molar-refractivity contribution in [2.24, 2.45) is 0 Å². The summed E-state index contributed by atoms with van der Waals surface area (Å²) in [6, 6.07) is 4.78. The molecule has 1 aliphatic rings. The highest BCUT2D eigenvalue weighted by Crippen LogP contribution is 2.29. The summed E-state index contributed by atoms with van der Waals surface area (Å²) in [6.07, 6.45) is 0. The van der Waals surface area contributed by atoms with Crippen LogP contribution in [0.25, 0.3) is 11.0 Å². The molecule has 2 heterocycles. The van der Waals surface area contributed by atoms with E-state index in [1.165, 1.54) is 10.4 Å². The second-order valence-corrected chi connectivity index (χ2v) is 8.09. The molecule has 0 radical (unpaired) electrons. The molecule has 0 saturated carbocycles. The Labute approximate surface area is 159 Å². The second-order valence-electron chi connectivity index (χ2n) is 6.15. The number of fused-ring (bicyclic) bond motifs is 1. The number of sulfonamides is 1. The molecule has 1 aliphatic heterocycles. The van der Waals surface area contributed by atoms with Crippen molar-refractivity contribution < 1.29 is 22.4 Å². The van der Waals surface area contributed by atoms with Crippen LogP contribution in [0.3, 0.4) is 0 Å². The Hall–Kier alpha value is -1.61. The van der Waals surface area contributed by atoms with Gasteiger partial charge < -0.3 is 14.5 Å². The number of nitrogens with one attached hydrogen (secondary N) is 1. The monoisotopic (exact) mass is 402 g/mol. The molecule has 0 spiro atoms. The first-order valence-electron chi connectivity index (χ1n) is 8.28. The fraction of sp³-hybridized carbons (Fsp3) is 0.471. The van der Waals surface area contributed by atoms with E-state index in [1.807, 2.05) is 6.92 Å². The number of carbonyl (C=O) groups excluding carboxylic acids is 1. The molecular formula is C17H23ClN2O5S. The zero-order valence-electron chi connectivity index (χ0n) is 14.9. The van der Waals surface area contributed by atoms with Crippen LogP contribution in [0.1, 0.15) is 30.0 Å². The average molecular weight is 403 g/mol. The molecule has 1 aromatic heterocycles. The van der Waals surface area contributed by atoms with E-state index in [0.717, 1.165) is 0 Å². The fourth-order valence-corrected chi connectivity index (χ4v) is 4.57. The summed E-state index contributed by atoms with van der Waals surface area (Å²) < 4.78 is 37.8. The van der Waals surface area contributed by atoms with Crippen molar-refractivity contribution in [3.8, 4) is 0 Å². The van der Waals surface area contributed by atoms with E-state index in [9.17, 15) is 13.2 Å². The van der Waals surface area contributed by atoms with E-state index >= 15 is 0 Å². The lowest BCUT2D eigenvalue weighted by Gasteiger charge is -2.31. The Balaban J connectivity index is 0.00000243. The van der Waals surface area contributed by atoms with Gasteiger partial charge >= 0.3 is 5.97 Å². The number of carbonyl (C=O) groups is 1. The van der Waals surface area contributed by atoms with Gasteiger partial charge in [-0.25, -0.2) is 13.2 Å². The summed E-state index contributed by atoms with van der Waals surface area (Å²) in [5, 5.41) is 3.83. The molecule has 1 N–H and O–H groups in total. The number of benzene rings is 1. The van der Waals surface area contributed by atoms with Crippen LogP contribution >= 0.6 is 12.4 Å². The quantitative estimate of drug-likeness (QED) is 0.789. The number of rotatable bonds is 4. The van der Waals surface area contributed by atoms with Gasteiger partial charge in [0.15, 0.2) is 0 Å². The molecule has 0 amide bonds. The Kier molecular flexibility index (Phi) is 6.33. The molecule has 1 saturated heterocycles. The van der Waals surface area contributed by atoms with Crippen molar-refractivity contribution in [1.82, 2.24) is 9.62 Å². The number of piperazine rings is 1. The number of hydrogen-bond acceptors (Lipinski definition) is 6. The van der Waals surface area contributed by atoms with Crippen LogP contribution in [0.5, 0.6) is 0 Å². The molecule has 1 atom stereocenters. The summed E-state index contributed by atoms with van der Waals surface area (Å²) in [7, 11) is -3.59. The highest BCUT2D eigenvalue weighted by atomic mass is 35.5. The van der Waals surface area contributed by atoms with Crippen LogP contribution in [-0.2, 0) is 14.8 Å². The van der Waals surface area contributed by atoms with Crippen molar-refractivity contribution in [2.75, 3.05) is 26.2 Å². The maximum Gasteiger partial charge on any atom is 0.374 e. The SMILES string of the molecule is CCOC(=O)c1oc2ccc(S(=O)(=O)N3CCN[C@H](C)C3)cc2c1C.Cl. The summed E-state index contributed by atoms with van der Waals surface area (Å²) in [4.78, 5) is 12.2. The van der Waals surface area contributed by atoms with E-state index in [2.05, 4.69) is 5.32 Å². The van der Waals surface area contributed by atoms with Crippen LogP contribution in [0, 0.1) is 6.92 Å². The van der Waals surface area contributed by atoms with E-state index in [1.54, 1.807) is 26.0 Å². The molecule has 144 valence electrons. The molecule has 0 bridgehead atoms. The predicted octanol–water partition coefficient (Wildman–Crippen LogP) is 2.32. The predicted molar refractivity (Wildman–Crippen MR) is 100 cm³/mol.